The van der Waals surface area contributed by atoms with Gasteiger partial charge in [0.15, 0.2) is 5.78 Å². The zero-order valence-electron chi connectivity index (χ0n) is 6.60. The molecule has 0 atom stereocenters. The van der Waals surface area contributed by atoms with E-state index in [1.165, 1.54) is 18.2 Å². The number of hydrogen-bond acceptors (Lipinski definition) is 1. The van der Waals surface area contributed by atoms with Gasteiger partial charge in [-0.25, -0.2) is 4.39 Å². The summed E-state index contributed by atoms with van der Waals surface area (Å²) in [5.74, 6) is -0.244. The molecule has 12 heavy (non-hydrogen) atoms. The molecule has 3 heteroatoms. The van der Waals surface area contributed by atoms with Crippen molar-refractivity contribution in [2.24, 2.45) is 0 Å². The Morgan fingerprint density at radius 3 is 2.75 bits per heavy atom. The van der Waals surface area contributed by atoms with Crippen LogP contribution in [0.5, 0.6) is 0 Å². The van der Waals surface area contributed by atoms with Crippen molar-refractivity contribution in [2.75, 3.05) is 0 Å². The van der Waals surface area contributed by atoms with E-state index in [0.717, 1.165) is 0 Å². The molecule has 1 aromatic carbocycles. The van der Waals surface area contributed by atoms with Gasteiger partial charge in [0.1, 0.15) is 5.82 Å². The fraction of sp³-hybridized carbons (Fsp3) is 0.222. The number of benzene rings is 1. The van der Waals surface area contributed by atoms with E-state index < -0.39 is 0 Å². The predicted octanol–water partition coefficient (Wildman–Crippen LogP) is 3.02. The second-order valence-electron chi connectivity index (χ2n) is 2.40. The molecule has 1 nitrogen and oxygen atoms in total. The third-order valence-electron chi connectivity index (χ3n) is 1.55. The van der Waals surface area contributed by atoms with Gasteiger partial charge in [0.25, 0.3) is 0 Å². The summed E-state index contributed by atoms with van der Waals surface area (Å²) < 4.78 is 13.3. The lowest BCUT2D eigenvalue weighted by atomic mass is 10.1. The molecule has 0 saturated carbocycles. The highest BCUT2D eigenvalue weighted by atomic mass is 127. The molecule has 0 aromatic heterocycles. The number of halogens is 2. The molecule has 0 fully saturated rings. The molecule has 1 rings (SSSR count). The first-order valence-electron chi connectivity index (χ1n) is 3.63. The fourth-order valence-corrected chi connectivity index (χ4v) is 1.68. The summed E-state index contributed by atoms with van der Waals surface area (Å²) in [5, 5.41) is 0. The van der Waals surface area contributed by atoms with Crippen molar-refractivity contribution in [1.82, 2.24) is 0 Å². The monoisotopic (exact) mass is 278 g/mol. The molecule has 0 radical (unpaired) electrons. The first-order valence-corrected chi connectivity index (χ1v) is 4.71. The summed E-state index contributed by atoms with van der Waals surface area (Å²) in [7, 11) is 0. The van der Waals surface area contributed by atoms with Crippen molar-refractivity contribution < 1.29 is 9.18 Å². The molecular formula is C9H8FIO. The van der Waals surface area contributed by atoms with Crippen LogP contribution >= 0.6 is 22.6 Å². The number of Topliss-reactive ketones (excluding diaryl/α,β-unsaturated/α-hetero) is 1. The van der Waals surface area contributed by atoms with Gasteiger partial charge in [0, 0.05) is 15.6 Å². The number of hydrogen-bond donors (Lipinski definition) is 0. The lowest BCUT2D eigenvalue weighted by Crippen LogP contribution is -1.99. The molecule has 0 saturated heterocycles. The Morgan fingerprint density at radius 1 is 1.58 bits per heavy atom. The maximum absolute atomic E-state index is 12.6. The summed E-state index contributed by atoms with van der Waals surface area (Å²) in [6.45, 7) is 1.79. The molecule has 0 bridgehead atoms. The van der Waals surface area contributed by atoms with Crippen molar-refractivity contribution in [1.29, 1.82) is 0 Å². The van der Waals surface area contributed by atoms with Crippen molar-refractivity contribution >= 4 is 28.4 Å². The first kappa shape index (κ1) is 9.64. The van der Waals surface area contributed by atoms with E-state index in [-0.39, 0.29) is 11.6 Å². The molecule has 0 heterocycles. The van der Waals surface area contributed by atoms with Gasteiger partial charge in [0.05, 0.1) is 0 Å². The second-order valence-corrected chi connectivity index (χ2v) is 3.56. The minimum Gasteiger partial charge on any atom is -0.294 e. The van der Waals surface area contributed by atoms with Crippen LogP contribution in [0.25, 0.3) is 0 Å². The van der Waals surface area contributed by atoms with Crippen LogP contribution in [0.3, 0.4) is 0 Å². The van der Waals surface area contributed by atoms with E-state index in [4.69, 9.17) is 0 Å². The van der Waals surface area contributed by atoms with Crippen LogP contribution in [-0.2, 0) is 0 Å². The Balaban J connectivity index is 3.09. The summed E-state index contributed by atoms with van der Waals surface area (Å²) in [4.78, 5) is 11.2. The van der Waals surface area contributed by atoms with Crippen molar-refractivity contribution in [3.05, 3.63) is 33.1 Å². The maximum Gasteiger partial charge on any atom is 0.163 e. The van der Waals surface area contributed by atoms with Crippen LogP contribution in [0.15, 0.2) is 18.2 Å². The number of ketones is 1. The van der Waals surface area contributed by atoms with Gasteiger partial charge in [-0.1, -0.05) is 6.92 Å². The molecule has 64 valence electrons. The Bertz CT molecular complexity index is 309. The molecule has 0 amide bonds. The van der Waals surface area contributed by atoms with Gasteiger partial charge in [-0.3, -0.25) is 4.79 Å². The number of carbonyl (C=O) groups excluding carboxylic acids is 1. The zero-order valence-corrected chi connectivity index (χ0v) is 8.76. The van der Waals surface area contributed by atoms with Gasteiger partial charge in [-0.2, -0.15) is 0 Å². The van der Waals surface area contributed by atoms with E-state index in [1.807, 2.05) is 22.6 Å². The van der Waals surface area contributed by atoms with Gasteiger partial charge < -0.3 is 0 Å². The quantitative estimate of drug-likeness (QED) is 0.600. The minimum atomic E-state index is -0.299. The van der Waals surface area contributed by atoms with E-state index in [9.17, 15) is 9.18 Å². The standard InChI is InChI=1S/C9H8FIO/c1-2-9(12)7-4-3-6(10)5-8(7)11/h3-5H,2H2,1H3. The van der Waals surface area contributed by atoms with E-state index >= 15 is 0 Å². The largest absolute Gasteiger partial charge is 0.294 e. The zero-order chi connectivity index (χ0) is 9.14. The van der Waals surface area contributed by atoms with Gasteiger partial charge in [-0.05, 0) is 40.8 Å². The third kappa shape index (κ3) is 2.03. The van der Waals surface area contributed by atoms with Crippen molar-refractivity contribution in [3.8, 4) is 0 Å². The second kappa shape index (κ2) is 3.98. The van der Waals surface area contributed by atoms with Crippen molar-refractivity contribution in [3.63, 3.8) is 0 Å². The third-order valence-corrected chi connectivity index (χ3v) is 2.45. The molecule has 0 aliphatic heterocycles. The van der Waals surface area contributed by atoms with Crippen LogP contribution < -0.4 is 0 Å². The molecule has 0 spiro atoms. The highest BCUT2D eigenvalue weighted by molar-refractivity contribution is 14.1. The normalized spacial score (nSPS) is 9.92. The smallest absolute Gasteiger partial charge is 0.163 e. The Labute approximate surface area is 84.1 Å². The lowest BCUT2D eigenvalue weighted by molar-refractivity contribution is 0.0987. The summed E-state index contributed by atoms with van der Waals surface area (Å²) in [5.41, 5.74) is 0.611. The molecule has 1 aromatic rings. The van der Waals surface area contributed by atoms with E-state index in [1.54, 1.807) is 6.92 Å². The lowest BCUT2D eigenvalue weighted by Gasteiger charge is -2.00. The van der Waals surface area contributed by atoms with Gasteiger partial charge in [-0.15, -0.1) is 0 Å². The summed E-state index contributed by atoms with van der Waals surface area (Å²) in [6, 6.07) is 4.21. The first-order chi connectivity index (χ1) is 5.65. The average Bonchev–Trinajstić information content (AvgIpc) is 2.03. The average molecular weight is 278 g/mol. The van der Waals surface area contributed by atoms with E-state index in [0.29, 0.717) is 15.6 Å². The molecular weight excluding hydrogens is 270 g/mol. The molecule has 0 aliphatic carbocycles. The van der Waals surface area contributed by atoms with Crippen LogP contribution in [0.2, 0.25) is 0 Å². The van der Waals surface area contributed by atoms with E-state index in [2.05, 4.69) is 0 Å². The topological polar surface area (TPSA) is 17.1 Å². The van der Waals surface area contributed by atoms with Crippen LogP contribution in [-0.4, -0.2) is 5.78 Å². The summed E-state index contributed by atoms with van der Waals surface area (Å²) >= 11 is 1.96. The number of rotatable bonds is 2. The Morgan fingerprint density at radius 2 is 2.25 bits per heavy atom. The SMILES string of the molecule is CCC(=O)c1ccc(F)cc1I. The molecule has 0 unspecified atom stereocenters. The summed E-state index contributed by atoms with van der Waals surface area (Å²) in [6.07, 6.45) is 0.460. The van der Waals surface area contributed by atoms with Gasteiger partial charge >= 0.3 is 0 Å². The molecule has 0 aliphatic rings. The van der Waals surface area contributed by atoms with Crippen LogP contribution in [0.1, 0.15) is 23.7 Å². The van der Waals surface area contributed by atoms with Crippen molar-refractivity contribution in [2.45, 2.75) is 13.3 Å². The van der Waals surface area contributed by atoms with Crippen LogP contribution in [0.4, 0.5) is 4.39 Å². The molecule has 0 N–H and O–H groups in total. The predicted molar refractivity (Wildman–Crippen MR) is 53.7 cm³/mol. The highest BCUT2D eigenvalue weighted by Gasteiger charge is 2.07. The Kier molecular flexibility index (Phi) is 3.20. The highest BCUT2D eigenvalue weighted by Crippen LogP contribution is 2.15. The van der Waals surface area contributed by atoms with Gasteiger partial charge in [0.2, 0.25) is 0 Å². The maximum atomic E-state index is 12.6. The van der Waals surface area contributed by atoms with Crippen LogP contribution in [0, 0.1) is 9.39 Å². The minimum absolute atomic E-state index is 0.0550. The Hall–Kier alpha value is -0.450. The number of carbonyl (C=O) groups is 1. The fourth-order valence-electron chi connectivity index (χ4n) is 0.906.